The molecule has 0 spiro atoms. The molecule has 1 aromatic carbocycles. The van der Waals surface area contributed by atoms with E-state index in [0.717, 1.165) is 0 Å². The Labute approximate surface area is 85.7 Å². The molecular weight excluding hydrogens is 196 g/mol. The van der Waals surface area contributed by atoms with E-state index in [1.807, 2.05) is 6.07 Å². The Hall–Kier alpha value is -2.53. The predicted octanol–water partition coefficient (Wildman–Crippen LogP) is 1.57. The summed E-state index contributed by atoms with van der Waals surface area (Å²) >= 11 is 0. The van der Waals surface area contributed by atoms with Crippen molar-refractivity contribution in [1.29, 1.82) is 5.26 Å². The molecule has 74 valence electrons. The number of nitro groups is 1. The molecule has 0 radical (unpaired) electrons. The van der Waals surface area contributed by atoms with Crippen LogP contribution in [0.3, 0.4) is 0 Å². The van der Waals surface area contributed by atoms with Gasteiger partial charge < -0.3 is 5.11 Å². The lowest BCUT2D eigenvalue weighted by molar-refractivity contribution is -0.385. The van der Waals surface area contributed by atoms with Crippen LogP contribution in [-0.2, 0) is 0 Å². The molecule has 0 aliphatic heterocycles. The second kappa shape index (κ2) is 4.64. The van der Waals surface area contributed by atoms with Crippen molar-refractivity contribution in [2.24, 2.45) is 0 Å². The maximum absolute atomic E-state index is 10.4. The summed E-state index contributed by atoms with van der Waals surface area (Å²) in [5, 5.41) is 27.8. The summed E-state index contributed by atoms with van der Waals surface area (Å²) in [6.45, 7) is 0. The predicted molar refractivity (Wildman–Crippen MR) is 51.9 cm³/mol. The zero-order valence-corrected chi connectivity index (χ0v) is 7.60. The van der Waals surface area contributed by atoms with Crippen LogP contribution in [0.4, 0.5) is 5.69 Å². The highest BCUT2D eigenvalue weighted by atomic mass is 16.6. The number of nitriles is 1. The molecule has 0 unspecified atom stereocenters. The van der Waals surface area contributed by atoms with Gasteiger partial charge in [-0.25, -0.2) is 0 Å². The minimum Gasteiger partial charge on any atom is -0.502 e. The third kappa shape index (κ3) is 2.71. The van der Waals surface area contributed by atoms with Crippen molar-refractivity contribution < 1.29 is 10.0 Å². The highest BCUT2D eigenvalue weighted by Crippen LogP contribution is 2.25. The number of aromatic hydroxyl groups is 1. The number of phenolic OH excluding ortho intramolecular Hbond substituents is 1. The highest BCUT2D eigenvalue weighted by Gasteiger charge is 2.12. The van der Waals surface area contributed by atoms with E-state index < -0.39 is 16.4 Å². The zero-order chi connectivity index (χ0) is 11.3. The average Bonchev–Trinajstić information content (AvgIpc) is 2.20. The van der Waals surface area contributed by atoms with Crippen molar-refractivity contribution in [3.63, 3.8) is 0 Å². The fraction of sp³-hybridized carbons (Fsp3) is 0.100. The fourth-order valence-corrected chi connectivity index (χ4v) is 0.933. The van der Waals surface area contributed by atoms with Crippen molar-refractivity contribution in [2.45, 2.75) is 6.42 Å². The van der Waals surface area contributed by atoms with E-state index in [-0.39, 0.29) is 6.42 Å². The Balaban J connectivity index is 3.05. The van der Waals surface area contributed by atoms with E-state index in [4.69, 9.17) is 10.4 Å². The van der Waals surface area contributed by atoms with Crippen LogP contribution in [-0.4, -0.2) is 10.0 Å². The monoisotopic (exact) mass is 202 g/mol. The molecule has 0 amide bonds. The third-order valence-corrected chi connectivity index (χ3v) is 1.57. The van der Waals surface area contributed by atoms with Crippen molar-refractivity contribution in [1.82, 2.24) is 0 Å². The standard InChI is InChI=1S/C10H6N2O3/c11-6-2-1-3-8-4-5-10(13)9(7-8)12(14)15/h4-5,7,13H,2H2. The molecule has 15 heavy (non-hydrogen) atoms. The summed E-state index contributed by atoms with van der Waals surface area (Å²) in [5.74, 6) is 4.70. The summed E-state index contributed by atoms with van der Waals surface area (Å²) < 4.78 is 0. The van der Waals surface area contributed by atoms with Crippen molar-refractivity contribution in [3.8, 4) is 23.7 Å². The number of hydrogen-bond donors (Lipinski definition) is 1. The van der Waals surface area contributed by atoms with E-state index in [1.165, 1.54) is 18.2 Å². The number of rotatable bonds is 1. The smallest absolute Gasteiger partial charge is 0.311 e. The van der Waals surface area contributed by atoms with Crippen molar-refractivity contribution in [2.75, 3.05) is 0 Å². The topological polar surface area (TPSA) is 87.2 Å². The Morgan fingerprint density at radius 2 is 2.27 bits per heavy atom. The molecule has 0 saturated carbocycles. The summed E-state index contributed by atoms with van der Waals surface area (Å²) in [6.07, 6.45) is 0.0642. The molecular formula is C10H6N2O3. The largest absolute Gasteiger partial charge is 0.502 e. The number of benzene rings is 1. The number of hydrogen-bond acceptors (Lipinski definition) is 4. The van der Waals surface area contributed by atoms with Crippen LogP contribution in [0, 0.1) is 33.3 Å². The molecule has 1 rings (SSSR count). The third-order valence-electron chi connectivity index (χ3n) is 1.57. The fourth-order valence-electron chi connectivity index (χ4n) is 0.933. The van der Waals surface area contributed by atoms with Crippen LogP contribution >= 0.6 is 0 Å². The molecule has 0 heterocycles. The number of phenols is 1. The molecule has 1 aromatic rings. The summed E-state index contributed by atoms with van der Waals surface area (Å²) in [4.78, 5) is 9.76. The molecule has 1 N–H and O–H groups in total. The molecule has 0 aromatic heterocycles. The first-order valence-electron chi connectivity index (χ1n) is 3.98. The van der Waals surface area contributed by atoms with Gasteiger partial charge in [0.25, 0.3) is 0 Å². The van der Waals surface area contributed by atoms with Gasteiger partial charge in [0.2, 0.25) is 0 Å². The van der Waals surface area contributed by atoms with E-state index in [1.54, 1.807) is 0 Å². The first kappa shape index (κ1) is 10.6. The lowest BCUT2D eigenvalue weighted by atomic mass is 10.2. The molecule has 5 heteroatoms. The molecule has 0 bridgehead atoms. The zero-order valence-electron chi connectivity index (χ0n) is 7.60. The quantitative estimate of drug-likeness (QED) is 0.425. The van der Waals surface area contributed by atoms with Crippen LogP contribution in [0.25, 0.3) is 0 Å². The maximum Gasteiger partial charge on any atom is 0.311 e. The summed E-state index contributed by atoms with van der Waals surface area (Å²) in [5.41, 5.74) is 0.00788. The van der Waals surface area contributed by atoms with Crippen LogP contribution in [0.15, 0.2) is 18.2 Å². The van der Waals surface area contributed by atoms with Gasteiger partial charge in [-0.05, 0) is 12.1 Å². The Morgan fingerprint density at radius 3 is 2.87 bits per heavy atom. The van der Waals surface area contributed by atoms with Gasteiger partial charge in [0, 0.05) is 11.6 Å². The molecule has 0 fully saturated rings. The second-order valence-corrected chi connectivity index (χ2v) is 2.60. The molecule has 0 aliphatic carbocycles. The van der Waals surface area contributed by atoms with Gasteiger partial charge in [0.15, 0.2) is 5.75 Å². The van der Waals surface area contributed by atoms with Gasteiger partial charge in [-0.3, -0.25) is 10.1 Å². The van der Waals surface area contributed by atoms with E-state index in [0.29, 0.717) is 5.56 Å². The van der Waals surface area contributed by atoms with E-state index in [9.17, 15) is 10.1 Å². The molecule has 0 saturated heterocycles. The first-order valence-corrected chi connectivity index (χ1v) is 3.98. The highest BCUT2D eigenvalue weighted by molar-refractivity contribution is 5.52. The van der Waals surface area contributed by atoms with Crippen LogP contribution in [0.2, 0.25) is 0 Å². The summed E-state index contributed by atoms with van der Waals surface area (Å²) in [7, 11) is 0. The van der Waals surface area contributed by atoms with Crippen molar-refractivity contribution in [3.05, 3.63) is 33.9 Å². The van der Waals surface area contributed by atoms with Crippen LogP contribution in [0.5, 0.6) is 5.75 Å². The Kier molecular flexibility index (Phi) is 3.26. The lowest BCUT2D eigenvalue weighted by Gasteiger charge is -1.95. The number of nitrogens with zero attached hydrogens (tertiary/aromatic N) is 2. The average molecular weight is 202 g/mol. The number of nitro benzene ring substituents is 1. The van der Waals surface area contributed by atoms with Gasteiger partial charge in [-0.15, -0.1) is 0 Å². The minimum absolute atomic E-state index is 0.0642. The second-order valence-electron chi connectivity index (χ2n) is 2.60. The summed E-state index contributed by atoms with van der Waals surface area (Å²) in [6, 6.07) is 5.65. The van der Waals surface area contributed by atoms with Gasteiger partial charge in [0.05, 0.1) is 17.4 Å². The van der Waals surface area contributed by atoms with Crippen LogP contribution < -0.4 is 0 Å². The lowest BCUT2D eigenvalue weighted by Crippen LogP contribution is -1.89. The SMILES string of the molecule is N#CCC#Cc1ccc(O)c([N+](=O)[O-])c1. The van der Waals surface area contributed by atoms with Crippen LogP contribution in [0.1, 0.15) is 12.0 Å². The van der Waals surface area contributed by atoms with E-state index >= 15 is 0 Å². The maximum atomic E-state index is 10.4. The normalized spacial score (nSPS) is 8.47. The van der Waals surface area contributed by atoms with Gasteiger partial charge >= 0.3 is 5.69 Å². The van der Waals surface area contributed by atoms with Gasteiger partial charge in [0.1, 0.15) is 0 Å². The van der Waals surface area contributed by atoms with Crippen molar-refractivity contribution >= 4 is 5.69 Å². The van der Waals surface area contributed by atoms with E-state index in [2.05, 4.69) is 11.8 Å². The Morgan fingerprint density at radius 1 is 1.53 bits per heavy atom. The first-order chi connectivity index (χ1) is 7.15. The molecule has 0 atom stereocenters. The molecule has 5 nitrogen and oxygen atoms in total. The van der Waals surface area contributed by atoms with Gasteiger partial charge in [-0.1, -0.05) is 11.8 Å². The van der Waals surface area contributed by atoms with Gasteiger partial charge in [-0.2, -0.15) is 5.26 Å². The minimum atomic E-state index is -0.690. The molecule has 0 aliphatic rings. The Bertz CT molecular complexity index is 492.